The van der Waals surface area contributed by atoms with Gasteiger partial charge in [0.05, 0.1) is 24.8 Å². The summed E-state index contributed by atoms with van der Waals surface area (Å²) in [6.45, 7) is 5.29. The largest absolute Gasteiger partial charge is 0.465 e. The van der Waals surface area contributed by atoms with Gasteiger partial charge in [0, 0.05) is 11.1 Å². The van der Waals surface area contributed by atoms with Gasteiger partial charge in [-0.05, 0) is 69.3 Å². The second-order valence-electron chi connectivity index (χ2n) is 8.18. The van der Waals surface area contributed by atoms with Crippen LogP contribution in [0, 0.1) is 5.82 Å². The molecule has 2 aromatic carbocycles. The van der Waals surface area contributed by atoms with Crippen LogP contribution in [0.25, 0.3) is 0 Å². The number of imide groups is 1. The Morgan fingerprint density at radius 3 is 2.06 bits per heavy atom. The second-order valence-corrected chi connectivity index (χ2v) is 8.18. The van der Waals surface area contributed by atoms with Crippen molar-refractivity contribution < 1.29 is 28.3 Å². The molecular formula is C23H23FN2O5. The zero-order valence-electron chi connectivity index (χ0n) is 17.7. The van der Waals surface area contributed by atoms with Crippen LogP contribution in [0.4, 0.5) is 10.1 Å². The van der Waals surface area contributed by atoms with Crippen molar-refractivity contribution in [1.82, 2.24) is 4.90 Å². The molecule has 0 aliphatic carbocycles. The Balaban J connectivity index is 1.93. The van der Waals surface area contributed by atoms with Gasteiger partial charge in [0.25, 0.3) is 11.8 Å². The second kappa shape index (κ2) is 8.29. The molecule has 8 heteroatoms. The van der Waals surface area contributed by atoms with E-state index in [1.54, 1.807) is 20.8 Å². The van der Waals surface area contributed by atoms with Gasteiger partial charge >= 0.3 is 5.97 Å². The maximum atomic E-state index is 13.3. The quantitative estimate of drug-likeness (QED) is 0.554. The van der Waals surface area contributed by atoms with E-state index in [0.717, 1.165) is 4.90 Å². The van der Waals surface area contributed by atoms with Crippen molar-refractivity contribution in [2.75, 3.05) is 12.0 Å². The molecule has 0 spiro atoms. The van der Waals surface area contributed by atoms with Gasteiger partial charge in [-0.15, -0.1) is 0 Å². The van der Waals surface area contributed by atoms with Gasteiger partial charge in [0.1, 0.15) is 11.9 Å². The first-order valence-corrected chi connectivity index (χ1v) is 9.69. The minimum absolute atomic E-state index is 0.179. The van der Waals surface area contributed by atoms with Crippen molar-refractivity contribution >= 4 is 29.4 Å². The van der Waals surface area contributed by atoms with Gasteiger partial charge in [-0.3, -0.25) is 14.4 Å². The number of carbonyl (C=O) groups excluding carboxylic acids is 4. The van der Waals surface area contributed by atoms with E-state index in [2.05, 4.69) is 4.74 Å². The van der Waals surface area contributed by atoms with Crippen LogP contribution in [0.1, 0.15) is 47.9 Å². The van der Waals surface area contributed by atoms with E-state index >= 15 is 0 Å². The van der Waals surface area contributed by atoms with Gasteiger partial charge in [-0.1, -0.05) is 0 Å². The van der Waals surface area contributed by atoms with Crippen LogP contribution in [0.2, 0.25) is 0 Å². The maximum Gasteiger partial charge on any atom is 0.337 e. The molecule has 3 rings (SSSR count). The number of halogens is 1. The molecule has 3 amide bonds. The molecule has 0 saturated carbocycles. The number of benzene rings is 2. The number of anilines is 1. The number of carbonyl (C=O) groups is 4. The molecule has 1 aliphatic heterocycles. The van der Waals surface area contributed by atoms with Crippen molar-refractivity contribution in [2.24, 2.45) is 0 Å². The number of ether oxygens (including phenoxy) is 1. The fourth-order valence-corrected chi connectivity index (χ4v) is 3.60. The molecule has 1 saturated heterocycles. The van der Waals surface area contributed by atoms with Crippen LogP contribution >= 0.6 is 0 Å². The van der Waals surface area contributed by atoms with Crippen LogP contribution in [0.3, 0.4) is 0 Å². The summed E-state index contributed by atoms with van der Waals surface area (Å²) in [6.07, 6.45) is -0.179. The Hall–Kier alpha value is -3.55. The summed E-state index contributed by atoms with van der Waals surface area (Å²) < 4.78 is 17.9. The molecule has 31 heavy (non-hydrogen) atoms. The van der Waals surface area contributed by atoms with Crippen molar-refractivity contribution in [2.45, 2.75) is 38.8 Å². The third-order valence-corrected chi connectivity index (χ3v) is 5.01. The smallest absolute Gasteiger partial charge is 0.337 e. The lowest BCUT2D eigenvalue weighted by molar-refractivity contribution is -0.123. The Bertz CT molecular complexity index is 1030. The minimum atomic E-state index is -1.01. The highest BCUT2D eigenvalue weighted by Gasteiger charge is 2.47. The molecule has 1 aliphatic rings. The van der Waals surface area contributed by atoms with Gasteiger partial charge in [0.2, 0.25) is 5.91 Å². The fourth-order valence-electron chi connectivity index (χ4n) is 3.60. The number of amides is 3. The Kier molecular flexibility index (Phi) is 5.92. The van der Waals surface area contributed by atoms with Gasteiger partial charge in [-0.2, -0.15) is 0 Å². The molecular weight excluding hydrogens is 403 g/mol. The molecule has 0 N–H and O–H groups in total. The summed E-state index contributed by atoms with van der Waals surface area (Å²) in [5.74, 6) is -2.48. The fraction of sp³-hybridized carbons (Fsp3) is 0.304. The van der Waals surface area contributed by atoms with E-state index in [1.807, 2.05) is 0 Å². The summed E-state index contributed by atoms with van der Waals surface area (Å²) in [5.41, 5.74) is 0.0204. The summed E-state index contributed by atoms with van der Waals surface area (Å²) in [5, 5.41) is 0. The molecule has 7 nitrogen and oxygen atoms in total. The highest BCUT2D eigenvalue weighted by atomic mass is 19.1. The number of hydrogen-bond donors (Lipinski definition) is 0. The summed E-state index contributed by atoms with van der Waals surface area (Å²) in [4.78, 5) is 53.2. The lowest BCUT2D eigenvalue weighted by atomic mass is 9.99. The van der Waals surface area contributed by atoms with E-state index < -0.39 is 41.1 Å². The first kappa shape index (κ1) is 22.1. The molecule has 1 fully saturated rings. The van der Waals surface area contributed by atoms with E-state index in [-0.39, 0.29) is 17.5 Å². The van der Waals surface area contributed by atoms with E-state index in [9.17, 15) is 23.6 Å². The van der Waals surface area contributed by atoms with Crippen LogP contribution in [0.5, 0.6) is 0 Å². The molecule has 1 heterocycles. The standard InChI is InChI=1S/C23H23FN2O5/c1-23(2,3)26(20(28)14-5-9-16(24)10-6-14)18-13-19(27)25(21(18)29)17-11-7-15(8-12-17)22(30)31-4/h5-12,18H,13H2,1-4H3. The van der Waals surface area contributed by atoms with Crippen molar-refractivity contribution in [3.05, 3.63) is 65.5 Å². The van der Waals surface area contributed by atoms with Gasteiger partial charge in [0.15, 0.2) is 0 Å². The molecule has 162 valence electrons. The van der Waals surface area contributed by atoms with Gasteiger partial charge < -0.3 is 9.64 Å². The molecule has 1 atom stereocenters. The minimum Gasteiger partial charge on any atom is -0.465 e. The Labute approximate surface area is 179 Å². The monoisotopic (exact) mass is 426 g/mol. The van der Waals surface area contributed by atoms with E-state index in [4.69, 9.17) is 0 Å². The highest BCUT2D eigenvalue weighted by Crippen LogP contribution is 2.31. The first-order chi connectivity index (χ1) is 14.5. The van der Waals surface area contributed by atoms with Crippen molar-refractivity contribution in [3.63, 3.8) is 0 Å². The van der Waals surface area contributed by atoms with Crippen LogP contribution in [-0.4, -0.2) is 47.3 Å². The summed E-state index contributed by atoms with van der Waals surface area (Å²) >= 11 is 0. The summed E-state index contributed by atoms with van der Waals surface area (Å²) in [7, 11) is 1.26. The van der Waals surface area contributed by atoms with Crippen LogP contribution in [-0.2, 0) is 14.3 Å². The maximum absolute atomic E-state index is 13.3. The number of esters is 1. The van der Waals surface area contributed by atoms with Gasteiger partial charge in [-0.25, -0.2) is 14.1 Å². The molecule has 0 aromatic heterocycles. The van der Waals surface area contributed by atoms with E-state index in [1.165, 1.54) is 60.5 Å². The molecule has 1 unspecified atom stereocenters. The normalized spacial score (nSPS) is 16.4. The van der Waals surface area contributed by atoms with Crippen molar-refractivity contribution in [1.29, 1.82) is 0 Å². The zero-order valence-corrected chi connectivity index (χ0v) is 17.7. The Morgan fingerprint density at radius 1 is 1.00 bits per heavy atom. The number of rotatable bonds is 4. The number of methoxy groups -OCH3 is 1. The van der Waals surface area contributed by atoms with Crippen LogP contribution in [0.15, 0.2) is 48.5 Å². The van der Waals surface area contributed by atoms with Crippen molar-refractivity contribution in [3.8, 4) is 0 Å². The SMILES string of the molecule is COC(=O)c1ccc(N2C(=O)CC(N(C(=O)c3ccc(F)cc3)C(C)(C)C)C2=O)cc1. The third kappa shape index (κ3) is 4.33. The average molecular weight is 426 g/mol. The predicted octanol–water partition coefficient (Wildman–Crippen LogP) is 3.19. The molecule has 2 aromatic rings. The average Bonchev–Trinajstić information content (AvgIpc) is 3.00. The highest BCUT2D eigenvalue weighted by molar-refractivity contribution is 6.23. The topological polar surface area (TPSA) is 84.0 Å². The number of hydrogen-bond acceptors (Lipinski definition) is 5. The van der Waals surface area contributed by atoms with Crippen LogP contribution < -0.4 is 4.90 Å². The lowest BCUT2D eigenvalue weighted by Gasteiger charge is -2.39. The number of nitrogens with zero attached hydrogens (tertiary/aromatic N) is 2. The predicted molar refractivity (Wildman–Crippen MR) is 111 cm³/mol. The summed E-state index contributed by atoms with van der Waals surface area (Å²) in [6, 6.07) is 9.91. The lowest BCUT2D eigenvalue weighted by Crippen LogP contribution is -2.54. The van der Waals surface area contributed by atoms with E-state index in [0.29, 0.717) is 5.69 Å². The first-order valence-electron chi connectivity index (χ1n) is 9.69. The molecule has 0 radical (unpaired) electrons. The Morgan fingerprint density at radius 2 is 1.55 bits per heavy atom. The molecule has 0 bridgehead atoms. The third-order valence-electron chi connectivity index (χ3n) is 5.01. The zero-order chi connectivity index (χ0) is 22.9.